The Kier molecular flexibility index (Phi) is 3.12. The summed E-state index contributed by atoms with van der Waals surface area (Å²) in [5.74, 6) is 0. The Morgan fingerprint density at radius 3 is 2.82 bits per heavy atom. The van der Waals surface area contributed by atoms with Gasteiger partial charge in [-0.1, -0.05) is 41.6 Å². The second kappa shape index (κ2) is 4.60. The molecule has 0 spiro atoms. The predicted molar refractivity (Wildman–Crippen MR) is 77.4 cm³/mol. The molecule has 3 rings (SSSR count). The maximum Gasteiger partial charge on any atom is 0.0409 e. The van der Waals surface area contributed by atoms with Crippen molar-refractivity contribution in [1.29, 1.82) is 0 Å². The quantitative estimate of drug-likeness (QED) is 0.660. The summed E-state index contributed by atoms with van der Waals surface area (Å²) in [5.41, 5.74) is 2.60. The van der Waals surface area contributed by atoms with Gasteiger partial charge in [0.05, 0.1) is 0 Å². The molecular formula is C14H11ClS2. The van der Waals surface area contributed by atoms with Crippen LogP contribution in [0.2, 0.25) is 5.02 Å². The zero-order chi connectivity index (χ0) is 11.8. The van der Waals surface area contributed by atoms with Crippen LogP contribution in [0.5, 0.6) is 0 Å². The molecule has 2 aromatic rings. The van der Waals surface area contributed by atoms with Crippen molar-refractivity contribution in [1.82, 2.24) is 0 Å². The lowest BCUT2D eigenvalue weighted by Gasteiger charge is -2.11. The van der Waals surface area contributed by atoms with E-state index in [4.69, 9.17) is 24.2 Å². The van der Waals surface area contributed by atoms with Crippen molar-refractivity contribution in [3.63, 3.8) is 0 Å². The number of hydrogen-bond donors (Lipinski definition) is 1. The zero-order valence-electron chi connectivity index (χ0n) is 9.06. The van der Waals surface area contributed by atoms with Crippen LogP contribution >= 0.6 is 36.0 Å². The Bertz CT molecular complexity index is 566. The molecule has 86 valence electrons. The predicted octanol–water partition coefficient (Wildman–Crippen LogP) is 5.02. The SMILES string of the molecule is S[C@@H]1Cc2ccccc2Sc2ccc(Cl)cc21. The van der Waals surface area contributed by atoms with Crippen molar-refractivity contribution in [2.75, 3.05) is 0 Å². The fourth-order valence-electron chi connectivity index (χ4n) is 2.08. The van der Waals surface area contributed by atoms with Crippen LogP contribution in [0.15, 0.2) is 52.3 Å². The van der Waals surface area contributed by atoms with Crippen LogP contribution in [0, 0.1) is 0 Å². The minimum absolute atomic E-state index is 0.222. The van der Waals surface area contributed by atoms with Gasteiger partial charge in [0.15, 0.2) is 0 Å². The number of fused-ring (bicyclic) bond motifs is 2. The number of hydrogen-bond acceptors (Lipinski definition) is 2. The summed E-state index contributed by atoms with van der Waals surface area (Å²) < 4.78 is 0. The highest BCUT2D eigenvalue weighted by Gasteiger charge is 2.19. The van der Waals surface area contributed by atoms with Crippen molar-refractivity contribution < 1.29 is 0 Å². The van der Waals surface area contributed by atoms with Gasteiger partial charge >= 0.3 is 0 Å². The van der Waals surface area contributed by atoms with E-state index in [9.17, 15) is 0 Å². The standard InChI is InChI=1S/C14H11ClS2/c15-10-5-6-14-11(8-10)12(16)7-9-3-1-2-4-13(9)17-14/h1-6,8,12,16H,7H2/t12-/m1/s1. The van der Waals surface area contributed by atoms with E-state index in [1.807, 2.05) is 23.9 Å². The largest absolute Gasteiger partial charge is 0.171 e. The van der Waals surface area contributed by atoms with Crippen molar-refractivity contribution in [2.24, 2.45) is 0 Å². The third kappa shape index (κ3) is 2.22. The minimum Gasteiger partial charge on any atom is -0.171 e. The summed E-state index contributed by atoms with van der Waals surface area (Å²) in [7, 11) is 0. The molecule has 1 aliphatic heterocycles. The maximum atomic E-state index is 6.06. The van der Waals surface area contributed by atoms with Crippen molar-refractivity contribution in [3.8, 4) is 0 Å². The molecule has 3 heteroatoms. The molecule has 0 nitrogen and oxygen atoms in total. The van der Waals surface area contributed by atoms with Gasteiger partial charge in [0.2, 0.25) is 0 Å². The van der Waals surface area contributed by atoms with Crippen LogP contribution in [0.4, 0.5) is 0 Å². The van der Waals surface area contributed by atoms with E-state index >= 15 is 0 Å². The third-order valence-electron chi connectivity index (χ3n) is 2.94. The van der Waals surface area contributed by atoms with Gasteiger partial charge in [0.1, 0.15) is 0 Å². The number of halogens is 1. The molecule has 1 aliphatic rings. The third-order valence-corrected chi connectivity index (χ3v) is 4.84. The molecule has 0 fully saturated rings. The van der Waals surface area contributed by atoms with Gasteiger partial charge in [-0.05, 0) is 41.8 Å². The molecule has 0 saturated carbocycles. The maximum absolute atomic E-state index is 6.06. The minimum atomic E-state index is 0.222. The molecule has 0 bridgehead atoms. The van der Waals surface area contributed by atoms with Crippen molar-refractivity contribution in [3.05, 3.63) is 58.6 Å². The highest BCUT2D eigenvalue weighted by Crippen LogP contribution is 2.43. The van der Waals surface area contributed by atoms with E-state index < -0.39 is 0 Å². The highest BCUT2D eigenvalue weighted by molar-refractivity contribution is 7.99. The smallest absolute Gasteiger partial charge is 0.0409 e. The molecule has 0 aromatic heterocycles. The molecule has 0 saturated heterocycles. The van der Waals surface area contributed by atoms with Crippen LogP contribution in [-0.4, -0.2) is 0 Å². The number of rotatable bonds is 0. The lowest BCUT2D eigenvalue weighted by Crippen LogP contribution is -1.95. The first-order valence-corrected chi connectivity index (χ1v) is 7.18. The fourth-order valence-corrected chi connectivity index (χ4v) is 3.88. The van der Waals surface area contributed by atoms with Gasteiger partial charge in [0.25, 0.3) is 0 Å². The number of benzene rings is 2. The van der Waals surface area contributed by atoms with E-state index in [0.717, 1.165) is 11.4 Å². The van der Waals surface area contributed by atoms with E-state index in [0.29, 0.717) is 0 Å². The lowest BCUT2D eigenvalue weighted by atomic mass is 10.0. The molecule has 2 aromatic carbocycles. The first-order valence-electron chi connectivity index (χ1n) is 5.47. The average molecular weight is 279 g/mol. The highest BCUT2D eigenvalue weighted by atomic mass is 35.5. The normalized spacial score (nSPS) is 18.1. The molecule has 17 heavy (non-hydrogen) atoms. The van der Waals surface area contributed by atoms with Crippen molar-refractivity contribution >= 4 is 36.0 Å². The molecular weight excluding hydrogens is 268 g/mol. The first-order chi connectivity index (χ1) is 8.24. The van der Waals surface area contributed by atoms with Crippen LogP contribution < -0.4 is 0 Å². The molecule has 0 N–H and O–H groups in total. The van der Waals surface area contributed by atoms with Gasteiger partial charge in [-0.2, -0.15) is 12.6 Å². The summed E-state index contributed by atoms with van der Waals surface area (Å²) >= 11 is 12.6. The topological polar surface area (TPSA) is 0 Å². The second-order valence-corrected chi connectivity index (χ2v) is 6.26. The van der Waals surface area contributed by atoms with Gasteiger partial charge < -0.3 is 0 Å². The Labute approximate surface area is 116 Å². The summed E-state index contributed by atoms with van der Waals surface area (Å²) in [5, 5.41) is 1.01. The summed E-state index contributed by atoms with van der Waals surface area (Å²) in [6.07, 6.45) is 0.958. The Morgan fingerprint density at radius 1 is 1.12 bits per heavy atom. The van der Waals surface area contributed by atoms with E-state index in [-0.39, 0.29) is 5.25 Å². The number of thiol groups is 1. The molecule has 0 radical (unpaired) electrons. The zero-order valence-corrected chi connectivity index (χ0v) is 11.5. The first kappa shape index (κ1) is 11.5. The second-order valence-electron chi connectivity index (χ2n) is 4.11. The van der Waals surface area contributed by atoms with E-state index in [1.165, 1.54) is 20.9 Å². The summed E-state index contributed by atoms with van der Waals surface area (Å²) in [6, 6.07) is 14.6. The van der Waals surface area contributed by atoms with Crippen LogP contribution in [0.3, 0.4) is 0 Å². The molecule has 1 atom stereocenters. The lowest BCUT2D eigenvalue weighted by molar-refractivity contribution is 0.909. The summed E-state index contributed by atoms with van der Waals surface area (Å²) in [4.78, 5) is 2.59. The summed E-state index contributed by atoms with van der Waals surface area (Å²) in [6.45, 7) is 0. The molecule has 0 aliphatic carbocycles. The van der Waals surface area contributed by atoms with Gasteiger partial charge in [-0.3, -0.25) is 0 Å². The fraction of sp³-hybridized carbons (Fsp3) is 0.143. The van der Waals surface area contributed by atoms with Gasteiger partial charge in [-0.25, -0.2) is 0 Å². The van der Waals surface area contributed by atoms with Crippen LogP contribution in [0.1, 0.15) is 16.4 Å². The van der Waals surface area contributed by atoms with Crippen molar-refractivity contribution in [2.45, 2.75) is 21.5 Å². The average Bonchev–Trinajstić information content (AvgIpc) is 2.46. The van der Waals surface area contributed by atoms with Crippen LogP contribution in [-0.2, 0) is 6.42 Å². The van der Waals surface area contributed by atoms with E-state index in [2.05, 4.69) is 30.3 Å². The molecule has 0 unspecified atom stereocenters. The monoisotopic (exact) mass is 278 g/mol. The van der Waals surface area contributed by atoms with Gasteiger partial charge in [-0.15, -0.1) is 0 Å². The molecule has 0 amide bonds. The van der Waals surface area contributed by atoms with E-state index in [1.54, 1.807) is 0 Å². The van der Waals surface area contributed by atoms with Crippen LogP contribution in [0.25, 0.3) is 0 Å². The Balaban J connectivity index is 2.14. The Hall–Kier alpha value is -0.570. The molecule has 1 heterocycles. The Morgan fingerprint density at radius 2 is 1.94 bits per heavy atom. The van der Waals surface area contributed by atoms with Gasteiger partial charge in [0, 0.05) is 20.1 Å².